The molecule has 28 heavy (non-hydrogen) atoms. The lowest BCUT2D eigenvalue weighted by molar-refractivity contribution is -0.152. The first-order valence-electron chi connectivity index (χ1n) is 9.74. The van der Waals surface area contributed by atoms with Crippen LogP contribution in [0.1, 0.15) is 44.6 Å². The van der Waals surface area contributed by atoms with Crippen molar-refractivity contribution >= 4 is 23.5 Å². The molecular weight excluding hydrogens is 358 g/mol. The number of carbonyl (C=O) groups excluding carboxylic acids is 3. The summed E-state index contributed by atoms with van der Waals surface area (Å²) in [7, 11) is 0. The third-order valence-corrected chi connectivity index (χ3v) is 5.51. The molecule has 7 heteroatoms. The zero-order valence-electron chi connectivity index (χ0n) is 16.1. The maximum atomic E-state index is 12.3. The molecule has 0 spiro atoms. The highest BCUT2D eigenvalue weighted by atomic mass is 16.5. The predicted octanol–water partition coefficient (Wildman–Crippen LogP) is 2.10. The van der Waals surface area contributed by atoms with Gasteiger partial charge in [-0.1, -0.05) is 19.1 Å². The van der Waals surface area contributed by atoms with Crippen LogP contribution in [-0.2, 0) is 25.5 Å². The van der Waals surface area contributed by atoms with E-state index in [-0.39, 0.29) is 18.9 Å². The average Bonchev–Trinajstić information content (AvgIpc) is 3.33. The van der Waals surface area contributed by atoms with E-state index in [4.69, 9.17) is 4.74 Å². The van der Waals surface area contributed by atoms with Crippen LogP contribution in [0, 0.1) is 17.2 Å². The fourth-order valence-corrected chi connectivity index (χ4v) is 3.83. The Hall–Kier alpha value is -2.88. The second-order valence-electron chi connectivity index (χ2n) is 7.48. The van der Waals surface area contributed by atoms with Crippen molar-refractivity contribution in [2.45, 2.75) is 51.0 Å². The Bertz CT molecular complexity index is 791. The molecule has 2 aliphatic rings. The van der Waals surface area contributed by atoms with Crippen molar-refractivity contribution in [2.75, 3.05) is 18.1 Å². The molecule has 0 aromatic heterocycles. The number of amides is 2. The van der Waals surface area contributed by atoms with Crippen molar-refractivity contribution in [3.05, 3.63) is 29.8 Å². The first-order valence-corrected chi connectivity index (χ1v) is 9.74. The Kier molecular flexibility index (Phi) is 5.98. The predicted molar refractivity (Wildman–Crippen MR) is 102 cm³/mol. The van der Waals surface area contributed by atoms with Crippen LogP contribution in [0.5, 0.6) is 0 Å². The van der Waals surface area contributed by atoms with Crippen LogP contribution in [0.15, 0.2) is 24.3 Å². The summed E-state index contributed by atoms with van der Waals surface area (Å²) in [5, 5.41) is 12.0. The Morgan fingerprint density at radius 2 is 1.96 bits per heavy atom. The van der Waals surface area contributed by atoms with Crippen molar-refractivity contribution in [3.8, 4) is 6.07 Å². The van der Waals surface area contributed by atoms with Gasteiger partial charge in [0.25, 0.3) is 5.91 Å². The fraction of sp³-hybridized carbons (Fsp3) is 0.524. The smallest absolute Gasteiger partial charge is 0.311 e. The number of hydrogen-bond acceptors (Lipinski definition) is 5. The van der Waals surface area contributed by atoms with Gasteiger partial charge in [0.2, 0.25) is 5.91 Å². The van der Waals surface area contributed by atoms with Gasteiger partial charge in [0, 0.05) is 18.7 Å². The number of hydrogen-bond donors (Lipinski definition) is 1. The first kappa shape index (κ1) is 19.9. The molecule has 1 aliphatic carbocycles. The van der Waals surface area contributed by atoms with Crippen LogP contribution >= 0.6 is 0 Å². The van der Waals surface area contributed by atoms with E-state index in [1.54, 1.807) is 4.90 Å². The van der Waals surface area contributed by atoms with Gasteiger partial charge in [-0.25, -0.2) is 0 Å². The topological polar surface area (TPSA) is 99.5 Å². The summed E-state index contributed by atoms with van der Waals surface area (Å²) >= 11 is 0. The summed E-state index contributed by atoms with van der Waals surface area (Å²) in [6, 6.07) is 9.85. The molecule has 0 bridgehead atoms. The molecule has 1 saturated heterocycles. The summed E-state index contributed by atoms with van der Waals surface area (Å²) < 4.78 is 5.12. The van der Waals surface area contributed by atoms with Gasteiger partial charge < -0.3 is 15.0 Å². The number of esters is 1. The number of benzene rings is 1. The summed E-state index contributed by atoms with van der Waals surface area (Å²) in [6.45, 7) is 1.87. The van der Waals surface area contributed by atoms with Crippen LogP contribution in [0.3, 0.4) is 0 Å². The van der Waals surface area contributed by atoms with Gasteiger partial charge in [0.1, 0.15) is 5.54 Å². The van der Waals surface area contributed by atoms with Crippen LogP contribution < -0.4 is 10.2 Å². The van der Waals surface area contributed by atoms with Crippen molar-refractivity contribution in [2.24, 2.45) is 5.92 Å². The largest absolute Gasteiger partial charge is 0.455 e. The van der Waals surface area contributed by atoms with E-state index in [0.29, 0.717) is 12.8 Å². The number of aryl methyl sites for hydroxylation is 1. The highest BCUT2D eigenvalue weighted by Crippen LogP contribution is 2.29. The monoisotopic (exact) mass is 383 g/mol. The molecule has 1 atom stereocenters. The van der Waals surface area contributed by atoms with Gasteiger partial charge >= 0.3 is 5.97 Å². The lowest BCUT2D eigenvalue weighted by Gasteiger charge is -2.22. The van der Waals surface area contributed by atoms with E-state index in [0.717, 1.165) is 24.9 Å². The fourth-order valence-electron chi connectivity index (χ4n) is 3.83. The maximum Gasteiger partial charge on any atom is 0.311 e. The molecule has 1 aromatic rings. The standard InChI is InChI=1S/C21H25N3O4/c1-2-15-5-7-17(8-6-15)24-12-16(11-19(24)26)20(27)28-13-18(25)23-21(14-22)9-3-4-10-21/h5-8,16H,2-4,9-13H2,1H3,(H,23,25)/t16-/m0/s1. The number of carbonyl (C=O) groups is 3. The van der Waals surface area contributed by atoms with Gasteiger partial charge in [0.05, 0.1) is 12.0 Å². The van der Waals surface area contributed by atoms with E-state index in [2.05, 4.69) is 18.3 Å². The van der Waals surface area contributed by atoms with E-state index < -0.39 is 29.9 Å². The second kappa shape index (κ2) is 8.42. The van der Waals surface area contributed by atoms with Gasteiger partial charge in [-0.3, -0.25) is 14.4 Å². The molecule has 1 saturated carbocycles. The molecule has 2 fully saturated rings. The van der Waals surface area contributed by atoms with E-state index in [1.165, 1.54) is 5.56 Å². The summed E-state index contributed by atoms with van der Waals surface area (Å²) in [4.78, 5) is 38.3. The number of rotatable bonds is 6. The van der Waals surface area contributed by atoms with Crippen LogP contribution in [0.4, 0.5) is 5.69 Å². The van der Waals surface area contributed by atoms with Crippen LogP contribution in [0.25, 0.3) is 0 Å². The van der Waals surface area contributed by atoms with Gasteiger partial charge in [-0.15, -0.1) is 0 Å². The molecule has 1 heterocycles. The summed E-state index contributed by atoms with van der Waals surface area (Å²) in [5.41, 5.74) is 1.09. The lowest BCUT2D eigenvalue weighted by atomic mass is 10.00. The molecule has 1 aromatic carbocycles. The minimum atomic E-state index is -0.839. The molecule has 0 unspecified atom stereocenters. The number of anilines is 1. The molecule has 1 N–H and O–H groups in total. The minimum Gasteiger partial charge on any atom is -0.455 e. The van der Waals surface area contributed by atoms with Crippen molar-refractivity contribution < 1.29 is 19.1 Å². The van der Waals surface area contributed by atoms with Gasteiger partial charge in [-0.2, -0.15) is 5.26 Å². The van der Waals surface area contributed by atoms with Crippen LogP contribution in [0.2, 0.25) is 0 Å². The molecular formula is C21H25N3O4. The number of nitrogens with one attached hydrogen (secondary N) is 1. The molecule has 7 nitrogen and oxygen atoms in total. The minimum absolute atomic E-state index is 0.0676. The van der Waals surface area contributed by atoms with E-state index in [1.807, 2.05) is 24.3 Å². The quantitative estimate of drug-likeness (QED) is 0.759. The zero-order valence-corrected chi connectivity index (χ0v) is 16.1. The van der Waals surface area contributed by atoms with Gasteiger partial charge in [0.15, 0.2) is 6.61 Å². The Balaban J connectivity index is 1.51. The Morgan fingerprint density at radius 3 is 2.57 bits per heavy atom. The van der Waals surface area contributed by atoms with Crippen molar-refractivity contribution in [3.63, 3.8) is 0 Å². The lowest BCUT2D eigenvalue weighted by Crippen LogP contribution is -2.47. The Labute approximate surface area is 164 Å². The summed E-state index contributed by atoms with van der Waals surface area (Å²) in [6.07, 6.45) is 4.01. The Morgan fingerprint density at radius 1 is 1.29 bits per heavy atom. The maximum absolute atomic E-state index is 12.3. The number of ether oxygens (including phenoxy) is 1. The number of nitrogens with zero attached hydrogens (tertiary/aromatic N) is 2. The highest BCUT2D eigenvalue weighted by molar-refractivity contribution is 5.99. The summed E-state index contributed by atoms with van der Waals surface area (Å²) in [5.74, 6) is -1.77. The normalized spacial score (nSPS) is 20.6. The third kappa shape index (κ3) is 4.33. The molecule has 3 rings (SSSR count). The van der Waals surface area contributed by atoms with E-state index in [9.17, 15) is 19.6 Å². The average molecular weight is 383 g/mol. The molecule has 1 aliphatic heterocycles. The first-order chi connectivity index (χ1) is 13.5. The van der Waals surface area contributed by atoms with Gasteiger partial charge in [-0.05, 0) is 49.8 Å². The SMILES string of the molecule is CCc1ccc(N2C[C@@H](C(=O)OCC(=O)NC3(C#N)CCCC3)CC2=O)cc1. The van der Waals surface area contributed by atoms with E-state index >= 15 is 0 Å². The second-order valence-corrected chi connectivity index (χ2v) is 7.48. The molecule has 2 amide bonds. The van der Waals surface area contributed by atoms with Crippen LogP contribution in [-0.4, -0.2) is 36.5 Å². The number of nitriles is 1. The van der Waals surface area contributed by atoms with Crippen molar-refractivity contribution in [1.29, 1.82) is 5.26 Å². The third-order valence-electron chi connectivity index (χ3n) is 5.51. The zero-order chi connectivity index (χ0) is 20.1. The molecule has 0 radical (unpaired) electrons. The highest BCUT2D eigenvalue weighted by Gasteiger charge is 2.38. The van der Waals surface area contributed by atoms with Crippen molar-refractivity contribution in [1.82, 2.24) is 5.32 Å². The molecule has 148 valence electrons.